The third-order valence-electron chi connectivity index (χ3n) is 1.98. The molecular formula is C9H8Cl2F3N. The van der Waals surface area contributed by atoms with Crippen LogP contribution >= 0.6 is 23.2 Å². The molecule has 0 aliphatic heterocycles. The van der Waals surface area contributed by atoms with Gasteiger partial charge in [0.25, 0.3) is 0 Å². The Morgan fingerprint density at radius 2 is 1.80 bits per heavy atom. The molecule has 2 N–H and O–H groups in total. The second-order valence-corrected chi connectivity index (χ2v) is 3.74. The zero-order valence-electron chi connectivity index (χ0n) is 7.75. The van der Waals surface area contributed by atoms with Crippen molar-refractivity contribution in [2.75, 3.05) is 5.73 Å². The number of nitrogen functional groups attached to an aromatic ring is 1. The number of benzene rings is 1. The first-order valence-electron chi connectivity index (χ1n) is 4.12. The van der Waals surface area contributed by atoms with Crippen molar-refractivity contribution in [3.05, 3.63) is 27.2 Å². The minimum Gasteiger partial charge on any atom is -0.397 e. The van der Waals surface area contributed by atoms with Crippen LogP contribution in [0.4, 0.5) is 18.9 Å². The van der Waals surface area contributed by atoms with E-state index in [0.29, 0.717) is 0 Å². The lowest BCUT2D eigenvalue weighted by atomic mass is 10.0. The summed E-state index contributed by atoms with van der Waals surface area (Å²) in [6.45, 7) is 1.59. The summed E-state index contributed by atoms with van der Waals surface area (Å²) in [6, 6.07) is 1.21. The molecule has 84 valence electrons. The van der Waals surface area contributed by atoms with Crippen LogP contribution in [0.5, 0.6) is 0 Å². The van der Waals surface area contributed by atoms with Gasteiger partial charge in [-0.05, 0) is 18.1 Å². The third-order valence-corrected chi connectivity index (χ3v) is 2.86. The lowest BCUT2D eigenvalue weighted by Crippen LogP contribution is -2.11. The monoisotopic (exact) mass is 257 g/mol. The van der Waals surface area contributed by atoms with Gasteiger partial charge in [0, 0.05) is 0 Å². The number of alkyl halides is 3. The van der Waals surface area contributed by atoms with E-state index in [2.05, 4.69) is 0 Å². The van der Waals surface area contributed by atoms with Crippen molar-refractivity contribution < 1.29 is 13.2 Å². The highest BCUT2D eigenvalue weighted by atomic mass is 35.5. The van der Waals surface area contributed by atoms with Crippen molar-refractivity contribution in [1.82, 2.24) is 0 Å². The van der Waals surface area contributed by atoms with Crippen molar-refractivity contribution in [3.63, 3.8) is 0 Å². The highest BCUT2D eigenvalue weighted by Crippen LogP contribution is 2.43. The Bertz CT molecular complexity index is 388. The summed E-state index contributed by atoms with van der Waals surface area (Å²) in [5.74, 6) is 0. The Labute approximate surface area is 95.0 Å². The number of anilines is 1. The largest absolute Gasteiger partial charge is 0.418 e. The fourth-order valence-electron chi connectivity index (χ4n) is 1.29. The summed E-state index contributed by atoms with van der Waals surface area (Å²) in [6.07, 6.45) is -4.32. The molecule has 0 spiro atoms. The lowest BCUT2D eigenvalue weighted by Gasteiger charge is -2.15. The molecule has 0 unspecified atom stereocenters. The summed E-state index contributed by atoms with van der Waals surface area (Å²) in [5.41, 5.74) is 4.64. The molecular weight excluding hydrogens is 250 g/mol. The third kappa shape index (κ3) is 2.32. The Morgan fingerprint density at radius 3 is 2.20 bits per heavy atom. The predicted octanol–water partition coefficient (Wildman–Crippen LogP) is 4.16. The molecule has 1 aromatic rings. The Balaban J connectivity index is 3.55. The molecule has 0 radical (unpaired) electrons. The molecule has 6 heteroatoms. The maximum absolute atomic E-state index is 12.6. The predicted molar refractivity (Wildman–Crippen MR) is 55.3 cm³/mol. The molecule has 0 aliphatic carbocycles. The number of rotatable bonds is 1. The maximum atomic E-state index is 12.6. The molecule has 15 heavy (non-hydrogen) atoms. The second-order valence-electron chi connectivity index (χ2n) is 2.98. The number of nitrogens with two attached hydrogens (primary N) is 1. The first-order valence-corrected chi connectivity index (χ1v) is 4.88. The van der Waals surface area contributed by atoms with Gasteiger partial charge in [-0.2, -0.15) is 13.2 Å². The van der Waals surface area contributed by atoms with E-state index in [1.54, 1.807) is 6.92 Å². The van der Waals surface area contributed by atoms with Crippen molar-refractivity contribution in [1.29, 1.82) is 0 Å². The maximum Gasteiger partial charge on any atom is 0.418 e. The highest BCUT2D eigenvalue weighted by molar-refractivity contribution is 6.44. The standard InChI is InChI=1S/C9H8Cl2F3N/c1-2-4-3-5(15)7(10)8(11)6(4)9(12,13)14/h3H,2,15H2,1H3. The molecule has 0 fully saturated rings. The Hall–Kier alpha value is -0.610. The van der Waals surface area contributed by atoms with Crippen LogP contribution in [0.3, 0.4) is 0 Å². The van der Waals surface area contributed by atoms with E-state index >= 15 is 0 Å². The summed E-state index contributed by atoms with van der Waals surface area (Å²) in [7, 11) is 0. The average Bonchev–Trinajstić information content (AvgIpc) is 2.11. The summed E-state index contributed by atoms with van der Waals surface area (Å²) in [5, 5.41) is -0.776. The van der Waals surface area contributed by atoms with Gasteiger partial charge in [-0.1, -0.05) is 30.1 Å². The van der Waals surface area contributed by atoms with Gasteiger partial charge in [-0.25, -0.2) is 0 Å². The van der Waals surface area contributed by atoms with Crippen LogP contribution in [0.2, 0.25) is 10.0 Å². The highest BCUT2D eigenvalue weighted by Gasteiger charge is 2.37. The second kappa shape index (κ2) is 4.10. The minimum atomic E-state index is -4.51. The first kappa shape index (κ1) is 12.5. The number of halogens is 5. The van der Waals surface area contributed by atoms with Crippen molar-refractivity contribution in [3.8, 4) is 0 Å². The van der Waals surface area contributed by atoms with Gasteiger partial charge in [-0.3, -0.25) is 0 Å². The van der Waals surface area contributed by atoms with Crippen LogP contribution in [0.25, 0.3) is 0 Å². The van der Waals surface area contributed by atoms with Crippen LogP contribution in [0.15, 0.2) is 6.07 Å². The molecule has 0 atom stereocenters. The zero-order valence-corrected chi connectivity index (χ0v) is 9.26. The van der Waals surface area contributed by atoms with Crippen LogP contribution in [-0.2, 0) is 12.6 Å². The summed E-state index contributed by atoms with van der Waals surface area (Å²) >= 11 is 11.1. The summed E-state index contributed by atoms with van der Waals surface area (Å²) < 4.78 is 37.9. The first-order chi connectivity index (χ1) is 6.79. The SMILES string of the molecule is CCc1cc(N)c(Cl)c(Cl)c1C(F)(F)F. The summed E-state index contributed by atoms with van der Waals surface area (Å²) in [4.78, 5) is 0. The number of hydrogen-bond acceptors (Lipinski definition) is 1. The van der Waals surface area contributed by atoms with Crippen LogP contribution in [-0.4, -0.2) is 0 Å². The molecule has 1 nitrogen and oxygen atoms in total. The molecule has 0 saturated heterocycles. The van der Waals surface area contributed by atoms with E-state index in [-0.39, 0.29) is 22.7 Å². The molecule has 0 bridgehead atoms. The van der Waals surface area contributed by atoms with Gasteiger partial charge in [0.2, 0.25) is 0 Å². The van der Waals surface area contributed by atoms with Crippen molar-refractivity contribution in [2.24, 2.45) is 0 Å². The van der Waals surface area contributed by atoms with Crippen molar-refractivity contribution >= 4 is 28.9 Å². The number of hydrogen-bond donors (Lipinski definition) is 1. The fourth-order valence-corrected chi connectivity index (χ4v) is 1.77. The van der Waals surface area contributed by atoms with E-state index < -0.39 is 16.8 Å². The Morgan fingerprint density at radius 1 is 1.27 bits per heavy atom. The van der Waals surface area contributed by atoms with E-state index in [9.17, 15) is 13.2 Å². The molecule has 0 amide bonds. The van der Waals surface area contributed by atoms with Gasteiger partial charge >= 0.3 is 6.18 Å². The molecule has 0 saturated carbocycles. The van der Waals surface area contributed by atoms with Gasteiger partial charge in [0.05, 0.1) is 21.3 Å². The van der Waals surface area contributed by atoms with Gasteiger partial charge in [0.1, 0.15) is 0 Å². The lowest BCUT2D eigenvalue weighted by molar-refractivity contribution is -0.138. The number of aryl methyl sites for hydroxylation is 1. The average molecular weight is 258 g/mol. The van der Waals surface area contributed by atoms with E-state index in [4.69, 9.17) is 28.9 Å². The van der Waals surface area contributed by atoms with E-state index in [1.807, 2.05) is 0 Å². The molecule has 0 aromatic heterocycles. The molecule has 1 rings (SSSR count). The van der Waals surface area contributed by atoms with E-state index in [0.717, 1.165) is 0 Å². The fraction of sp³-hybridized carbons (Fsp3) is 0.333. The van der Waals surface area contributed by atoms with Crippen molar-refractivity contribution in [2.45, 2.75) is 19.5 Å². The zero-order chi connectivity index (χ0) is 11.8. The van der Waals surface area contributed by atoms with Crippen LogP contribution in [0, 0.1) is 0 Å². The smallest absolute Gasteiger partial charge is 0.397 e. The molecule has 0 aliphatic rings. The van der Waals surface area contributed by atoms with Crippen LogP contribution in [0.1, 0.15) is 18.1 Å². The van der Waals surface area contributed by atoms with Gasteiger partial charge < -0.3 is 5.73 Å². The quantitative estimate of drug-likeness (QED) is 0.752. The van der Waals surface area contributed by atoms with E-state index in [1.165, 1.54) is 6.07 Å². The van der Waals surface area contributed by atoms with Gasteiger partial charge in [-0.15, -0.1) is 0 Å². The molecule has 1 aromatic carbocycles. The molecule has 0 heterocycles. The topological polar surface area (TPSA) is 26.0 Å². The minimum absolute atomic E-state index is 0.0504. The normalized spacial score (nSPS) is 11.9. The van der Waals surface area contributed by atoms with Gasteiger partial charge in [0.15, 0.2) is 0 Å². The van der Waals surface area contributed by atoms with Crippen LogP contribution < -0.4 is 5.73 Å². The Kier molecular flexibility index (Phi) is 3.41.